The van der Waals surface area contributed by atoms with Crippen molar-refractivity contribution >= 4 is 45.3 Å². The molecule has 0 aliphatic heterocycles. The Balaban J connectivity index is 0.000000393. The summed E-state index contributed by atoms with van der Waals surface area (Å²) >= 11 is 1.50. The highest BCUT2D eigenvalue weighted by atomic mass is 32.1. The van der Waals surface area contributed by atoms with Crippen LogP contribution in [0.3, 0.4) is 0 Å². The van der Waals surface area contributed by atoms with Gasteiger partial charge >= 0.3 is 23.9 Å². The van der Waals surface area contributed by atoms with Crippen LogP contribution in [-0.4, -0.2) is 57.9 Å². The van der Waals surface area contributed by atoms with E-state index >= 15 is 0 Å². The fourth-order valence-electron chi connectivity index (χ4n) is 2.83. The van der Waals surface area contributed by atoms with Gasteiger partial charge in [0.2, 0.25) is 0 Å². The maximum atomic E-state index is 9.55. The topological polar surface area (TPSA) is 194 Å². The molecule has 0 spiro atoms. The van der Waals surface area contributed by atoms with Crippen LogP contribution in [0.15, 0.2) is 78.9 Å². The number of nitrogens with zero attached hydrogens (tertiary/aromatic N) is 1. The third-order valence-corrected chi connectivity index (χ3v) is 5.45. The van der Waals surface area contributed by atoms with Crippen LogP contribution >= 0.6 is 11.3 Å². The van der Waals surface area contributed by atoms with Gasteiger partial charge in [0, 0.05) is 35.4 Å². The van der Waals surface area contributed by atoms with E-state index in [-0.39, 0.29) is 6.10 Å². The van der Waals surface area contributed by atoms with E-state index < -0.39 is 23.9 Å². The van der Waals surface area contributed by atoms with E-state index in [1.807, 2.05) is 49.5 Å². The van der Waals surface area contributed by atoms with Gasteiger partial charge in [-0.1, -0.05) is 30.3 Å². The predicted molar refractivity (Wildman–Crippen MR) is 144 cm³/mol. The number of thiophene rings is 1. The maximum absolute atomic E-state index is 9.55. The third kappa shape index (κ3) is 13.8. The molecule has 204 valence electrons. The summed E-state index contributed by atoms with van der Waals surface area (Å²) in [6, 6.07) is 20.4. The molecule has 0 aliphatic rings. The first kappa shape index (κ1) is 32.0. The standard InChI is InChI=1S/C19H18N2OS.2C4H4O4/c1-21-10-9-18(14-5-3-2-4-6-14)22-16-8-7-15-11-17(13-20)23-19(15)12-16;2*5-3(6)1-2-4(7)8/h2-8,11-12,18,21H,9-10H2,1H3;2*1-2H,(H,5,6)(H,7,8)/b;2*2-1+/t18-;;/m1../s1. The average molecular weight is 555 g/mol. The molecule has 1 aromatic heterocycles. The van der Waals surface area contributed by atoms with Gasteiger partial charge < -0.3 is 30.5 Å². The van der Waals surface area contributed by atoms with Crippen LogP contribution in [0.5, 0.6) is 5.75 Å². The Labute approximate surface area is 227 Å². The van der Waals surface area contributed by atoms with Crippen LogP contribution in [0, 0.1) is 11.3 Å². The van der Waals surface area contributed by atoms with Crippen molar-refractivity contribution in [2.75, 3.05) is 13.6 Å². The van der Waals surface area contributed by atoms with E-state index in [4.69, 9.17) is 30.4 Å². The molecule has 0 amide bonds. The SMILES string of the molecule is CNCC[C@@H](Oc1ccc2cc(C#N)sc2c1)c1ccccc1.O=C(O)/C=C/C(=O)O.O=C(O)/C=C/C(=O)O. The highest BCUT2D eigenvalue weighted by Gasteiger charge is 2.13. The van der Waals surface area contributed by atoms with Crippen molar-refractivity contribution in [1.82, 2.24) is 5.32 Å². The lowest BCUT2D eigenvalue weighted by molar-refractivity contribution is -0.134. The first-order valence-electron chi connectivity index (χ1n) is 11.1. The van der Waals surface area contributed by atoms with Gasteiger partial charge in [0.15, 0.2) is 0 Å². The molecule has 0 unspecified atom stereocenters. The van der Waals surface area contributed by atoms with Crippen molar-refractivity contribution in [3.8, 4) is 11.8 Å². The van der Waals surface area contributed by atoms with E-state index in [1.165, 1.54) is 16.9 Å². The van der Waals surface area contributed by atoms with Gasteiger partial charge in [-0.2, -0.15) is 5.26 Å². The van der Waals surface area contributed by atoms with Crippen molar-refractivity contribution < 1.29 is 44.3 Å². The summed E-state index contributed by atoms with van der Waals surface area (Å²) < 4.78 is 7.32. The highest BCUT2D eigenvalue weighted by Crippen LogP contribution is 2.31. The smallest absolute Gasteiger partial charge is 0.328 e. The van der Waals surface area contributed by atoms with Gasteiger partial charge in [0.25, 0.3) is 0 Å². The second-order valence-electron chi connectivity index (χ2n) is 7.35. The molecule has 1 atom stereocenters. The Morgan fingerprint density at radius 1 is 0.897 bits per heavy atom. The maximum Gasteiger partial charge on any atom is 0.328 e. The Hall–Kier alpha value is -4.99. The van der Waals surface area contributed by atoms with Crippen molar-refractivity contribution in [1.29, 1.82) is 5.26 Å². The Kier molecular flexibility index (Phi) is 14.3. The number of carboxylic acid groups (broad SMARTS) is 4. The Bertz CT molecular complexity index is 1290. The van der Waals surface area contributed by atoms with Crippen LogP contribution < -0.4 is 10.1 Å². The number of rotatable bonds is 10. The molecule has 2 aromatic carbocycles. The third-order valence-electron chi connectivity index (χ3n) is 4.44. The first-order chi connectivity index (χ1) is 18.5. The number of carbonyl (C=O) groups is 4. The molecule has 0 bridgehead atoms. The van der Waals surface area contributed by atoms with Crippen molar-refractivity contribution in [3.05, 3.63) is 89.3 Å². The largest absolute Gasteiger partial charge is 0.486 e. The monoisotopic (exact) mass is 554 g/mol. The van der Waals surface area contributed by atoms with Gasteiger partial charge in [-0.3, -0.25) is 0 Å². The minimum Gasteiger partial charge on any atom is -0.486 e. The number of nitrogens with one attached hydrogen (secondary N) is 1. The minimum absolute atomic E-state index is 0.0106. The average Bonchev–Trinajstić information content (AvgIpc) is 3.32. The number of aliphatic carboxylic acids is 4. The number of ether oxygens (including phenoxy) is 1. The van der Waals surface area contributed by atoms with Crippen molar-refractivity contribution in [2.45, 2.75) is 12.5 Å². The number of carboxylic acids is 4. The molecule has 11 nitrogen and oxygen atoms in total. The lowest BCUT2D eigenvalue weighted by atomic mass is 10.1. The van der Waals surface area contributed by atoms with E-state index in [9.17, 15) is 19.2 Å². The molecule has 3 rings (SSSR count). The van der Waals surface area contributed by atoms with Gasteiger partial charge in [0.05, 0.1) is 0 Å². The van der Waals surface area contributed by atoms with Gasteiger partial charge in [-0.15, -0.1) is 11.3 Å². The summed E-state index contributed by atoms with van der Waals surface area (Å²) in [6.07, 6.45) is 3.14. The zero-order valence-electron chi connectivity index (χ0n) is 20.7. The Morgan fingerprint density at radius 2 is 1.44 bits per heavy atom. The lowest BCUT2D eigenvalue weighted by Gasteiger charge is -2.19. The lowest BCUT2D eigenvalue weighted by Crippen LogP contribution is -2.16. The van der Waals surface area contributed by atoms with E-state index in [1.54, 1.807) is 0 Å². The molecule has 0 radical (unpaired) electrons. The van der Waals surface area contributed by atoms with Gasteiger partial charge in [-0.05, 0) is 48.8 Å². The van der Waals surface area contributed by atoms with Crippen molar-refractivity contribution in [2.24, 2.45) is 0 Å². The highest BCUT2D eigenvalue weighted by molar-refractivity contribution is 7.19. The van der Waals surface area contributed by atoms with E-state index in [0.717, 1.165) is 33.7 Å². The van der Waals surface area contributed by atoms with Gasteiger partial charge in [-0.25, -0.2) is 19.2 Å². The summed E-state index contributed by atoms with van der Waals surface area (Å²) in [6.45, 7) is 0.888. The summed E-state index contributed by atoms with van der Waals surface area (Å²) in [5.74, 6) is -4.19. The number of benzene rings is 2. The van der Waals surface area contributed by atoms with Crippen LogP contribution in [0.25, 0.3) is 10.1 Å². The summed E-state index contributed by atoms with van der Waals surface area (Å²) in [4.78, 5) is 38.9. The molecule has 39 heavy (non-hydrogen) atoms. The molecule has 0 fully saturated rings. The minimum atomic E-state index is -1.26. The summed E-state index contributed by atoms with van der Waals surface area (Å²) in [5.41, 5.74) is 1.17. The fourth-order valence-corrected chi connectivity index (χ4v) is 3.71. The summed E-state index contributed by atoms with van der Waals surface area (Å²) in [7, 11) is 1.95. The number of nitriles is 1. The quantitative estimate of drug-likeness (QED) is 0.228. The second-order valence-corrected chi connectivity index (χ2v) is 8.43. The van der Waals surface area contributed by atoms with Gasteiger partial charge in [0.1, 0.15) is 22.8 Å². The molecule has 3 aromatic rings. The van der Waals surface area contributed by atoms with Crippen LogP contribution in [-0.2, 0) is 19.2 Å². The van der Waals surface area contributed by atoms with E-state index in [0.29, 0.717) is 24.3 Å². The normalized spacial score (nSPS) is 11.0. The fraction of sp³-hybridized carbons (Fsp3) is 0.148. The molecule has 5 N–H and O–H groups in total. The molecular formula is C27H26N2O9S. The molecular weight excluding hydrogens is 528 g/mol. The van der Waals surface area contributed by atoms with Crippen molar-refractivity contribution in [3.63, 3.8) is 0 Å². The molecule has 12 heteroatoms. The molecule has 0 aliphatic carbocycles. The predicted octanol–water partition coefficient (Wildman–Crippen LogP) is 3.93. The van der Waals surface area contributed by atoms with Crippen LogP contribution in [0.2, 0.25) is 0 Å². The zero-order valence-corrected chi connectivity index (χ0v) is 21.5. The van der Waals surface area contributed by atoms with Crippen LogP contribution in [0.1, 0.15) is 23.0 Å². The molecule has 0 saturated carbocycles. The van der Waals surface area contributed by atoms with E-state index in [2.05, 4.69) is 23.5 Å². The number of fused-ring (bicyclic) bond motifs is 1. The zero-order chi connectivity index (χ0) is 29.2. The number of hydrogen-bond acceptors (Lipinski definition) is 8. The van der Waals surface area contributed by atoms with Crippen LogP contribution in [0.4, 0.5) is 0 Å². The molecule has 0 saturated heterocycles. The Morgan fingerprint density at radius 3 is 1.90 bits per heavy atom. The first-order valence-corrected chi connectivity index (χ1v) is 11.9. The summed E-state index contributed by atoms with van der Waals surface area (Å²) in [5, 5.41) is 44.5. The second kappa shape index (κ2) is 17.5. The molecule has 1 heterocycles. The number of hydrogen-bond donors (Lipinski definition) is 5.